The molecule has 0 bridgehead atoms. The summed E-state index contributed by atoms with van der Waals surface area (Å²) in [7, 11) is 0. The van der Waals surface area contributed by atoms with Gasteiger partial charge in [-0.3, -0.25) is 14.5 Å². The van der Waals surface area contributed by atoms with Crippen LogP contribution in [-0.4, -0.2) is 27.5 Å². The van der Waals surface area contributed by atoms with Gasteiger partial charge in [-0.05, 0) is 41.5 Å². The Morgan fingerprint density at radius 2 is 1.57 bits per heavy atom. The van der Waals surface area contributed by atoms with E-state index in [2.05, 4.69) is 0 Å². The van der Waals surface area contributed by atoms with E-state index in [-0.39, 0.29) is 17.6 Å². The van der Waals surface area contributed by atoms with Crippen molar-refractivity contribution in [1.29, 1.82) is 0 Å². The van der Waals surface area contributed by atoms with Gasteiger partial charge in [0.2, 0.25) is 0 Å². The number of benzene rings is 3. The molecule has 1 fully saturated rings. The van der Waals surface area contributed by atoms with Crippen molar-refractivity contribution in [3.8, 4) is 11.1 Å². The summed E-state index contributed by atoms with van der Waals surface area (Å²) in [6.45, 7) is 1.97. The van der Waals surface area contributed by atoms with Crippen LogP contribution in [0.15, 0.2) is 83.8 Å². The molecule has 1 aliphatic heterocycles. The van der Waals surface area contributed by atoms with Crippen molar-refractivity contribution in [3.63, 3.8) is 0 Å². The van der Waals surface area contributed by atoms with Crippen LogP contribution < -0.4 is 0 Å². The predicted molar refractivity (Wildman–Crippen MR) is 128 cm³/mol. The van der Waals surface area contributed by atoms with Crippen molar-refractivity contribution >= 4 is 46.1 Å². The van der Waals surface area contributed by atoms with Gasteiger partial charge in [-0.25, -0.2) is 0 Å². The van der Waals surface area contributed by atoms with E-state index in [1.165, 1.54) is 10.5 Å². The molecule has 0 unspecified atom stereocenters. The third-order valence-electron chi connectivity index (χ3n) is 4.86. The van der Waals surface area contributed by atoms with E-state index in [1.807, 2.05) is 79.7 Å². The molecule has 0 spiro atoms. The zero-order valence-electron chi connectivity index (χ0n) is 16.4. The second-order valence-electron chi connectivity index (χ2n) is 7.05. The number of carbonyl (C=O) groups is 2. The highest BCUT2D eigenvalue weighted by Crippen LogP contribution is 2.33. The summed E-state index contributed by atoms with van der Waals surface area (Å²) >= 11 is 6.55. The van der Waals surface area contributed by atoms with Crippen molar-refractivity contribution in [2.24, 2.45) is 0 Å². The van der Waals surface area contributed by atoms with Gasteiger partial charge in [-0.1, -0.05) is 96.6 Å². The first kappa shape index (κ1) is 20.3. The SMILES string of the molecule is Cc1ccc(/C=C2/SC(=O)N(CC(=O)c3ccc(-c4ccccc4)cc3)C2=S)cc1. The van der Waals surface area contributed by atoms with E-state index in [4.69, 9.17) is 12.2 Å². The fourth-order valence-electron chi connectivity index (χ4n) is 3.16. The number of amides is 1. The third-order valence-corrected chi connectivity index (χ3v) is 6.36. The molecule has 0 saturated carbocycles. The molecule has 4 rings (SSSR count). The van der Waals surface area contributed by atoms with Crippen molar-refractivity contribution < 1.29 is 9.59 Å². The van der Waals surface area contributed by atoms with Gasteiger partial charge < -0.3 is 0 Å². The minimum atomic E-state index is -0.215. The van der Waals surface area contributed by atoms with Crippen LogP contribution in [0.1, 0.15) is 21.5 Å². The van der Waals surface area contributed by atoms with E-state index < -0.39 is 0 Å². The minimum Gasteiger partial charge on any atom is -0.292 e. The van der Waals surface area contributed by atoms with E-state index >= 15 is 0 Å². The molecular weight excluding hydrogens is 410 g/mol. The summed E-state index contributed by atoms with van der Waals surface area (Å²) in [4.78, 5) is 27.7. The van der Waals surface area contributed by atoms with Crippen molar-refractivity contribution in [1.82, 2.24) is 4.90 Å². The topological polar surface area (TPSA) is 37.4 Å². The molecule has 3 aromatic carbocycles. The Kier molecular flexibility index (Phi) is 5.93. The largest absolute Gasteiger partial charge is 0.292 e. The Labute approximate surface area is 185 Å². The summed E-state index contributed by atoms with van der Waals surface area (Å²) in [6.07, 6.45) is 1.89. The molecule has 5 heteroatoms. The molecule has 30 heavy (non-hydrogen) atoms. The lowest BCUT2D eigenvalue weighted by Crippen LogP contribution is -2.32. The van der Waals surface area contributed by atoms with Gasteiger partial charge in [0.05, 0.1) is 11.4 Å². The van der Waals surface area contributed by atoms with E-state index in [0.29, 0.717) is 15.5 Å². The number of nitrogens with zero attached hydrogens (tertiary/aromatic N) is 1. The molecule has 0 aromatic heterocycles. The van der Waals surface area contributed by atoms with Crippen LogP contribution in [0.4, 0.5) is 4.79 Å². The third kappa shape index (κ3) is 4.42. The molecule has 0 N–H and O–H groups in total. The summed E-state index contributed by atoms with van der Waals surface area (Å²) in [6, 6.07) is 25.4. The molecule has 1 aliphatic rings. The number of thiocarbonyl (C=S) groups is 1. The molecule has 1 amide bonds. The Hall–Kier alpha value is -3.02. The van der Waals surface area contributed by atoms with Crippen LogP contribution in [0.25, 0.3) is 17.2 Å². The summed E-state index contributed by atoms with van der Waals surface area (Å²) in [5, 5.41) is -0.215. The number of hydrogen-bond donors (Lipinski definition) is 0. The summed E-state index contributed by atoms with van der Waals surface area (Å²) in [5.41, 5.74) is 4.84. The monoisotopic (exact) mass is 429 g/mol. The van der Waals surface area contributed by atoms with Gasteiger partial charge in [-0.15, -0.1) is 0 Å². The molecule has 0 radical (unpaired) electrons. The first-order valence-electron chi connectivity index (χ1n) is 9.52. The number of Topliss-reactive ketones (excluding diaryl/α,β-unsaturated/α-hetero) is 1. The normalized spacial score (nSPS) is 15.1. The zero-order chi connectivity index (χ0) is 21.1. The maximum atomic E-state index is 12.8. The van der Waals surface area contributed by atoms with Gasteiger partial charge in [0.25, 0.3) is 5.24 Å². The minimum absolute atomic E-state index is 0.0550. The van der Waals surface area contributed by atoms with Crippen LogP contribution in [-0.2, 0) is 0 Å². The molecule has 148 valence electrons. The lowest BCUT2D eigenvalue weighted by Gasteiger charge is -2.14. The maximum absolute atomic E-state index is 12.8. The predicted octanol–water partition coefficient (Wildman–Crippen LogP) is 6.38. The van der Waals surface area contributed by atoms with E-state index in [1.54, 1.807) is 12.1 Å². The first-order valence-corrected chi connectivity index (χ1v) is 10.7. The summed E-state index contributed by atoms with van der Waals surface area (Å²) in [5.74, 6) is -0.137. The number of aryl methyl sites for hydroxylation is 1. The number of carbonyl (C=O) groups excluding carboxylic acids is 2. The number of thioether (sulfide) groups is 1. The standard InChI is InChI=1S/C25H19NO2S2/c1-17-7-9-18(10-8-17)15-23-24(29)26(25(28)30-23)16-22(27)21-13-11-20(12-14-21)19-5-3-2-4-6-19/h2-15H,16H2,1H3/b23-15+. The van der Waals surface area contributed by atoms with Gasteiger partial charge in [0.15, 0.2) is 5.78 Å². The van der Waals surface area contributed by atoms with Crippen molar-refractivity contribution in [2.45, 2.75) is 6.92 Å². The molecular formula is C25H19NO2S2. The second kappa shape index (κ2) is 8.78. The molecule has 0 aliphatic carbocycles. The van der Waals surface area contributed by atoms with Crippen LogP contribution >= 0.6 is 24.0 Å². The number of ketones is 1. The van der Waals surface area contributed by atoms with Crippen molar-refractivity contribution in [2.75, 3.05) is 6.54 Å². The molecule has 1 heterocycles. The Morgan fingerprint density at radius 1 is 0.933 bits per heavy atom. The maximum Gasteiger partial charge on any atom is 0.292 e. The highest BCUT2D eigenvalue weighted by atomic mass is 32.2. The van der Waals surface area contributed by atoms with Gasteiger partial charge >= 0.3 is 0 Å². The highest BCUT2D eigenvalue weighted by molar-refractivity contribution is 8.19. The van der Waals surface area contributed by atoms with Gasteiger partial charge in [0, 0.05) is 5.56 Å². The molecule has 0 atom stereocenters. The number of rotatable bonds is 5. The van der Waals surface area contributed by atoms with Crippen LogP contribution in [0.3, 0.4) is 0 Å². The smallest absolute Gasteiger partial charge is 0.292 e. The van der Waals surface area contributed by atoms with Gasteiger partial charge in [-0.2, -0.15) is 0 Å². The van der Waals surface area contributed by atoms with E-state index in [0.717, 1.165) is 28.5 Å². The fourth-order valence-corrected chi connectivity index (χ4v) is 4.40. The second-order valence-corrected chi connectivity index (χ2v) is 8.42. The zero-order valence-corrected chi connectivity index (χ0v) is 18.0. The van der Waals surface area contributed by atoms with Crippen LogP contribution in [0.5, 0.6) is 0 Å². The molecule has 1 saturated heterocycles. The first-order chi connectivity index (χ1) is 14.5. The Bertz CT molecular complexity index is 1130. The van der Waals surface area contributed by atoms with Crippen molar-refractivity contribution in [3.05, 3.63) is 100 Å². The average Bonchev–Trinajstić information content (AvgIpc) is 3.03. The quantitative estimate of drug-likeness (QED) is 0.268. The Morgan fingerprint density at radius 3 is 2.23 bits per heavy atom. The molecule has 3 aromatic rings. The lowest BCUT2D eigenvalue weighted by atomic mass is 10.0. The average molecular weight is 430 g/mol. The molecule has 3 nitrogen and oxygen atoms in total. The fraction of sp³-hybridized carbons (Fsp3) is 0.0800. The highest BCUT2D eigenvalue weighted by Gasteiger charge is 2.33. The lowest BCUT2D eigenvalue weighted by molar-refractivity contribution is 0.0973. The number of hydrogen-bond acceptors (Lipinski definition) is 4. The van der Waals surface area contributed by atoms with Crippen LogP contribution in [0.2, 0.25) is 0 Å². The van der Waals surface area contributed by atoms with Crippen LogP contribution in [0, 0.1) is 6.92 Å². The Balaban J connectivity index is 1.47. The summed E-state index contributed by atoms with van der Waals surface area (Å²) < 4.78 is 0. The van der Waals surface area contributed by atoms with E-state index in [9.17, 15) is 9.59 Å². The van der Waals surface area contributed by atoms with Gasteiger partial charge in [0.1, 0.15) is 4.99 Å².